The molecular formula is C18H16ClFN6O3. The third kappa shape index (κ3) is 4.33. The molecule has 0 spiro atoms. The molecule has 0 bridgehead atoms. The first-order chi connectivity index (χ1) is 14.0. The zero-order chi connectivity index (χ0) is 20.4. The smallest absolute Gasteiger partial charge is 0.308 e. The van der Waals surface area contributed by atoms with E-state index in [2.05, 4.69) is 25.7 Å². The van der Waals surface area contributed by atoms with E-state index in [1.54, 1.807) is 24.3 Å². The minimum atomic E-state index is -0.831. The molecule has 2 atom stereocenters. The molecule has 1 aliphatic rings. The van der Waals surface area contributed by atoms with Crippen molar-refractivity contribution in [2.75, 3.05) is 13.1 Å². The molecule has 150 valence electrons. The molecule has 1 fully saturated rings. The summed E-state index contributed by atoms with van der Waals surface area (Å²) in [6.45, 7) is 1.39. The molecule has 2 aromatic heterocycles. The van der Waals surface area contributed by atoms with E-state index in [0.29, 0.717) is 36.8 Å². The predicted molar refractivity (Wildman–Crippen MR) is 100 cm³/mol. The van der Waals surface area contributed by atoms with Crippen LogP contribution in [0.4, 0.5) is 4.39 Å². The number of carbonyl (C=O) groups is 1. The lowest BCUT2D eigenvalue weighted by atomic mass is 9.96. The van der Waals surface area contributed by atoms with Gasteiger partial charge in [-0.3, -0.25) is 4.79 Å². The number of hydrogen-bond acceptors (Lipinski definition) is 7. The average molecular weight is 419 g/mol. The Hall–Kier alpha value is -3.11. The molecule has 1 aromatic carbocycles. The lowest BCUT2D eigenvalue weighted by Crippen LogP contribution is -2.26. The van der Waals surface area contributed by atoms with Gasteiger partial charge in [0, 0.05) is 30.8 Å². The first kappa shape index (κ1) is 19.2. The van der Waals surface area contributed by atoms with Gasteiger partial charge in [-0.2, -0.15) is 4.80 Å². The van der Waals surface area contributed by atoms with Crippen LogP contribution in [-0.4, -0.2) is 49.4 Å². The largest absolute Gasteiger partial charge is 0.481 e. The Labute approximate surface area is 169 Å². The number of carboxylic acid groups (broad SMARTS) is 1. The van der Waals surface area contributed by atoms with Crippen LogP contribution in [0.15, 0.2) is 36.5 Å². The number of nitrogens with zero attached hydrogens (tertiary/aromatic N) is 5. The summed E-state index contributed by atoms with van der Waals surface area (Å²) < 4.78 is 19.2. The molecule has 0 aliphatic carbocycles. The van der Waals surface area contributed by atoms with Crippen LogP contribution >= 0.6 is 11.6 Å². The van der Waals surface area contributed by atoms with Crippen molar-refractivity contribution in [3.05, 3.63) is 47.4 Å². The molecule has 9 nitrogen and oxygen atoms in total. The third-order valence-electron chi connectivity index (χ3n) is 4.61. The number of halogens is 2. The normalized spacial score (nSPS) is 18.7. The quantitative estimate of drug-likeness (QED) is 0.626. The van der Waals surface area contributed by atoms with Crippen LogP contribution in [0.5, 0.6) is 11.6 Å². The fourth-order valence-electron chi connectivity index (χ4n) is 3.12. The van der Waals surface area contributed by atoms with Gasteiger partial charge in [0.2, 0.25) is 5.82 Å². The molecule has 3 aromatic rings. The predicted octanol–water partition coefficient (Wildman–Crippen LogP) is 2.24. The van der Waals surface area contributed by atoms with E-state index >= 15 is 0 Å². The summed E-state index contributed by atoms with van der Waals surface area (Å²) >= 11 is 5.67. The maximum Gasteiger partial charge on any atom is 0.308 e. The second kappa shape index (κ2) is 8.10. The van der Waals surface area contributed by atoms with Gasteiger partial charge in [-0.25, -0.2) is 9.37 Å². The Balaban J connectivity index is 1.44. The topological polar surface area (TPSA) is 115 Å². The van der Waals surface area contributed by atoms with Crippen molar-refractivity contribution >= 4 is 17.6 Å². The van der Waals surface area contributed by atoms with Gasteiger partial charge < -0.3 is 15.2 Å². The second-order valence-corrected chi connectivity index (χ2v) is 7.03. The Morgan fingerprint density at radius 1 is 1.34 bits per heavy atom. The van der Waals surface area contributed by atoms with Gasteiger partial charge >= 0.3 is 5.97 Å². The van der Waals surface area contributed by atoms with E-state index < -0.39 is 17.7 Å². The number of aliphatic carboxylic acids is 1. The van der Waals surface area contributed by atoms with Gasteiger partial charge in [0.05, 0.1) is 17.5 Å². The number of pyridine rings is 1. The molecule has 0 radical (unpaired) electrons. The Bertz CT molecular complexity index is 1030. The van der Waals surface area contributed by atoms with Crippen LogP contribution in [-0.2, 0) is 11.3 Å². The van der Waals surface area contributed by atoms with Gasteiger partial charge in [0.15, 0.2) is 5.82 Å². The summed E-state index contributed by atoms with van der Waals surface area (Å²) in [6, 6.07) is 7.80. The van der Waals surface area contributed by atoms with Crippen molar-refractivity contribution in [2.24, 2.45) is 11.8 Å². The average Bonchev–Trinajstić information content (AvgIpc) is 3.35. The fourth-order valence-corrected chi connectivity index (χ4v) is 3.27. The van der Waals surface area contributed by atoms with Crippen LogP contribution in [0.1, 0.15) is 0 Å². The van der Waals surface area contributed by atoms with Crippen LogP contribution in [0, 0.1) is 17.7 Å². The first-order valence-corrected chi connectivity index (χ1v) is 9.18. The lowest BCUT2D eigenvalue weighted by molar-refractivity contribution is -0.142. The molecule has 4 rings (SSSR count). The first-order valence-electron chi connectivity index (χ1n) is 8.80. The molecule has 2 N–H and O–H groups in total. The Morgan fingerprint density at radius 2 is 2.14 bits per heavy atom. The zero-order valence-electron chi connectivity index (χ0n) is 15.0. The van der Waals surface area contributed by atoms with Crippen molar-refractivity contribution < 1.29 is 19.0 Å². The Morgan fingerprint density at radius 3 is 2.86 bits per heavy atom. The number of aromatic nitrogens is 5. The number of carboxylic acids is 1. The monoisotopic (exact) mass is 418 g/mol. The van der Waals surface area contributed by atoms with Gasteiger partial charge in [0.25, 0.3) is 5.88 Å². The van der Waals surface area contributed by atoms with Crippen LogP contribution in [0.2, 0.25) is 5.02 Å². The van der Waals surface area contributed by atoms with Crippen molar-refractivity contribution in [1.29, 1.82) is 0 Å². The number of benzene rings is 1. The van der Waals surface area contributed by atoms with E-state index in [-0.39, 0.29) is 16.8 Å². The van der Waals surface area contributed by atoms with Gasteiger partial charge in [0.1, 0.15) is 5.75 Å². The molecule has 1 saturated heterocycles. The van der Waals surface area contributed by atoms with E-state index in [1.807, 2.05) is 0 Å². The molecular weight excluding hydrogens is 403 g/mol. The van der Waals surface area contributed by atoms with Crippen molar-refractivity contribution in [3.63, 3.8) is 0 Å². The standard InChI is InChI=1S/C18H16ClFN6O3/c19-12-5-15(20)17(22-7-12)29-13-3-1-10(2-4-13)16-23-25-26(24-16)9-11-6-21-8-14(11)18(27)28/h1-5,7,11,14,21H,6,8-9H2,(H,27,28). The molecule has 29 heavy (non-hydrogen) atoms. The molecule has 0 amide bonds. The summed E-state index contributed by atoms with van der Waals surface area (Å²) in [4.78, 5) is 16.5. The highest BCUT2D eigenvalue weighted by Gasteiger charge is 2.33. The summed E-state index contributed by atoms with van der Waals surface area (Å²) in [5.74, 6) is -1.46. The van der Waals surface area contributed by atoms with Crippen molar-refractivity contribution in [3.8, 4) is 23.0 Å². The SMILES string of the molecule is O=C(O)C1CNCC1Cn1nnc(-c2ccc(Oc3ncc(Cl)cc3F)cc2)n1. The van der Waals surface area contributed by atoms with Crippen molar-refractivity contribution in [1.82, 2.24) is 30.5 Å². The summed E-state index contributed by atoms with van der Waals surface area (Å²) in [5.41, 5.74) is 0.687. The van der Waals surface area contributed by atoms with E-state index in [9.17, 15) is 14.3 Å². The summed E-state index contributed by atoms with van der Waals surface area (Å²) in [5, 5.41) is 24.9. The number of nitrogens with one attached hydrogen (secondary N) is 1. The molecule has 11 heteroatoms. The molecule has 0 saturated carbocycles. The highest BCUT2D eigenvalue weighted by molar-refractivity contribution is 6.30. The minimum absolute atomic E-state index is 0.105. The molecule has 2 unspecified atom stereocenters. The Kier molecular flexibility index (Phi) is 5.36. The number of hydrogen-bond donors (Lipinski definition) is 2. The summed E-state index contributed by atoms with van der Waals surface area (Å²) in [6.07, 6.45) is 1.30. The van der Waals surface area contributed by atoms with Crippen LogP contribution in [0.3, 0.4) is 0 Å². The minimum Gasteiger partial charge on any atom is -0.481 e. The highest BCUT2D eigenvalue weighted by Crippen LogP contribution is 2.26. The van der Waals surface area contributed by atoms with Crippen LogP contribution in [0.25, 0.3) is 11.4 Å². The second-order valence-electron chi connectivity index (χ2n) is 6.60. The van der Waals surface area contributed by atoms with Gasteiger partial charge in [-0.05, 0) is 35.5 Å². The van der Waals surface area contributed by atoms with E-state index in [1.165, 1.54) is 11.0 Å². The van der Waals surface area contributed by atoms with Gasteiger partial charge in [-0.15, -0.1) is 10.2 Å². The number of rotatable bonds is 6. The maximum absolute atomic E-state index is 13.8. The zero-order valence-corrected chi connectivity index (χ0v) is 15.8. The third-order valence-corrected chi connectivity index (χ3v) is 4.82. The van der Waals surface area contributed by atoms with E-state index in [4.69, 9.17) is 16.3 Å². The maximum atomic E-state index is 13.8. The summed E-state index contributed by atoms with van der Waals surface area (Å²) in [7, 11) is 0. The molecule has 1 aliphatic heterocycles. The highest BCUT2D eigenvalue weighted by atomic mass is 35.5. The van der Waals surface area contributed by atoms with Gasteiger partial charge in [-0.1, -0.05) is 11.6 Å². The van der Waals surface area contributed by atoms with Crippen molar-refractivity contribution in [2.45, 2.75) is 6.54 Å². The number of ether oxygens (including phenoxy) is 1. The van der Waals surface area contributed by atoms with E-state index in [0.717, 1.165) is 6.07 Å². The van der Waals surface area contributed by atoms with Crippen LogP contribution < -0.4 is 10.1 Å². The lowest BCUT2D eigenvalue weighted by Gasteiger charge is -2.12. The fraction of sp³-hybridized carbons (Fsp3) is 0.278. The molecule has 3 heterocycles. The number of tetrazole rings is 1.